The molecule has 0 radical (unpaired) electrons. The largest absolute Gasteiger partial charge is 0.288 e. The van der Waals surface area contributed by atoms with Gasteiger partial charge in [-0.2, -0.15) is 0 Å². The van der Waals surface area contributed by atoms with Gasteiger partial charge in [0.2, 0.25) is 5.78 Å². The van der Waals surface area contributed by atoms with Gasteiger partial charge in [-0.1, -0.05) is 54.6 Å². The van der Waals surface area contributed by atoms with Crippen molar-refractivity contribution in [3.8, 4) is 11.1 Å². The van der Waals surface area contributed by atoms with Crippen molar-refractivity contribution in [3.05, 3.63) is 88.7 Å². The molecule has 0 spiro atoms. The van der Waals surface area contributed by atoms with Crippen molar-refractivity contribution in [2.75, 3.05) is 0 Å². The smallest absolute Gasteiger partial charge is 0.212 e. The van der Waals surface area contributed by atoms with E-state index < -0.39 is 0 Å². The van der Waals surface area contributed by atoms with Crippen molar-refractivity contribution < 1.29 is 9.59 Å². The summed E-state index contributed by atoms with van der Waals surface area (Å²) in [5.41, 5.74) is 3.95. The Balaban J connectivity index is 2.05. The summed E-state index contributed by atoms with van der Waals surface area (Å²) in [5, 5.41) is 0. The summed E-state index contributed by atoms with van der Waals surface area (Å²) in [4.78, 5) is 30.1. The monoisotopic (exact) mass is 299 g/mol. The molecule has 4 rings (SSSR count). The van der Waals surface area contributed by atoms with Gasteiger partial charge in [0.15, 0.2) is 5.78 Å². The number of nitrogens with zero attached hydrogens (tertiary/aromatic N) is 1. The van der Waals surface area contributed by atoms with Crippen molar-refractivity contribution in [1.82, 2.24) is 4.98 Å². The van der Waals surface area contributed by atoms with Gasteiger partial charge in [0, 0.05) is 16.8 Å². The molecule has 23 heavy (non-hydrogen) atoms. The van der Waals surface area contributed by atoms with Crippen LogP contribution < -0.4 is 0 Å². The quantitative estimate of drug-likeness (QED) is 0.536. The van der Waals surface area contributed by atoms with E-state index >= 15 is 0 Å². The lowest BCUT2D eigenvalue weighted by Crippen LogP contribution is -2.23. The molecule has 0 atom stereocenters. The van der Waals surface area contributed by atoms with Crippen LogP contribution in [0.5, 0.6) is 0 Å². The molecule has 1 aliphatic rings. The predicted molar refractivity (Wildman–Crippen MR) is 87.7 cm³/mol. The molecule has 0 N–H and O–H groups in total. The highest BCUT2D eigenvalue weighted by molar-refractivity contribution is 6.29. The second kappa shape index (κ2) is 4.99. The summed E-state index contributed by atoms with van der Waals surface area (Å²) in [7, 11) is 0. The summed E-state index contributed by atoms with van der Waals surface area (Å²) in [6.07, 6.45) is 0. The first-order valence-corrected chi connectivity index (χ1v) is 7.42. The van der Waals surface area contributed by atoms with E-state index in [1.165, 1.54) is 0 Å². The standard InChI is InChI=1S/C20H13NO2/c1-12-11-16(13-7-3-2-4-8-13)17-18(21-12)20(23)15-10-6-5-9-14(15)19(17)22/h2-11H,1H3. The Morgan fingerprint density at radius 2 is 1.35 bits per heavy atom. The van der Waals surface area contributed by atoms with E-state index in [0.717, 1.165) is 16.8 Å². The summed E-state index contributed by atoms with van der Waals surface area (Å²) >= 11 is 0. The summed E-state index contributed by atoms with van der Waals surface area (Å²) in [6.45, 7) is 1.84. The zero-order valence-corrected chi connectivity index (χ0v) is 12.5. The second-order valence-electron chi connectivity index (χ2n) is 5.60. The summed E-state index contributed by atoms with van der Waals surface area (Å²) in [6, 6.07) is 18.4. The highest BCUT2D eigenvalue weighted by Gasteiger charge is 2.33. The zero-order chi connectivity index (χ0) is 16.0. The van der Waals surface area contributed by atoms with E-state index in [2.05, 4.69) is 4.98 Å². The second-order valence-corrected chi connectivity index (χ2v) is 5.60. The molecule has 110 valence electrons. The SMILES string of the molecule is Cc1cc(-c2ccccc2)c2c(n1)C(=O)c1ccccc1C2=O. The maximum Gasteiger partial charge on any atom is 0.212 e. The molecule has 0 bridgehead atoms. The molecule has 1 heterocycles. The number of hydrogen-bond donors (Lipinski definition) is 0. The van der Waals surface area contributed by atoms with Gasteiger partial charge in [0.25, 0.3) is 0 Å². The molecule has 0 unspecified atom stereocenters. The number of hydrogen-bond acceptors (Lipinski definition) is 3. The van der Waals surface area contributed by atoms with Gasteiger partial charge in [-0.3, -0.25) is 9.59 Å². The van der Waals surface area contributed by atoms with Crippen LogP contribution in [0.3, 0.4) is 0 Å². The molecular weight excluding hydrogens is 286 g/mol. The average Bonchev–Trinajstić information content (AvgIpc) is 2.59. The zero-order valence-electron chi connectivity index (χ0n) is 12.5. The number of fused-ring (bicyclic) bond motifs is 2. The number of rotatable bonds is 1. The first kappa shape index (κ1) is 13.6. The molecular formula is C20H13NO2. The molecule has 0 saturated heterocycles. The van der Waals surface area contributed by atoms with Crippen LogP contribution in [-0.4, -0.2) is 16.6 Å². The average molecular weight is 299 g/mol. The minimum absolute atomic E-state index is 0.137. The topological polar surface area (TPSA) is 47.0 Å². The third-order valence-electron chi connectivity index (χ3n) is 4.09. The van der Waals surface area contributed by atoms with Crippen molar-refractivity contribution in [3.63, 3.8) is 0 Å². The minimum atomic E-state index is -0.184. The summed E-state index contributed by atoms with van der Waals surface area (Å²) in [5.74, 6) is -0.322. The van der Waals surface area contributed by atoms with Gasteiger partial charge in [-0.15, -0.1) is 0 Å². The molecule has 1 aliphatic carbocycles. The van der Waals surface area contributed by atoms with E-state index in [4.69, 9.17) is 0 Å². The maximum atomic E-state index is 13.0. The van der Waals surface area contributed by atoms with E-state index in [0.29, 0.717) is 16.7 Å². The lowest BCUT2D eigenvalue weighted by molar-refractivity contribution is 0.0975. The Morgan fingerprint density at radius 1 is 0.739 bits per heavy atom. The van der Waals surface area contributed by atoms with E-state index in [-0.39, 0.29) is 17.3 Å². The van der Waals surface area contributed by atoms with Crippen LogP contribution >= 0.6 is 0 Å². The van der Waals surface area contributed by atoms with E-state index in [9.17, 15) is 9.59 Å². The van der Waals surface area contributed by atoms with Crippen LogP contribution in [-0.2, 0) is 0 Å². The molecule has 2 aromatic carbocycles. The van der Waals surface area contributed by atoms with Crippen molar-refractivity contribution in [2.24, 2.45) is 0 Å². The number of ketones is 2. The van der Waals surface area contributed by atoms with Crippen molar-refractivity contribution in [2.45, 2.75) is 6.92 Å². The Labute approximate surface area is 133 Å². The van der Waals surface area contributed by atoms with Crippen LogP contribution in [0.2, 0.25) is 0 Å². The van der Waals surface area contributed by atoms with Gasteiger partial charge in [0.05, 0.1) is 5.56 Å². The fraction of sp³-hybridized carbons (Fsp3) is 0.0500. The third-order valence-corrected chi connectivity index (χ3v) is 4.09. The molecule has 1 aromatic heterocycles. The fourth-order valence-corrected chi connectivity index (χ4v) is 3.05. The molecule has 0 aliphatic heterocycles. The number of aromatic nitrogens is 1. The highest BCUT2D eigenvalue weighted by Crippen LogP contribution is 2.33. The number of carbonyl (C=O) groups excluding carboxylic acids is 2. The van der Waals surface area contributed by atoms with Crippen LogP contribution in [0.25, 0.3) is 11.1 Å². The van der Waals surface area contributed by atoms with E-state index in [1.807, 2.05) is 43.3 Å². The number of pyridine rings is 1. The third kappa shape index (κ3) is 2.01. The van der Waals surface area contributed by atoms with Crippen LogP contribution in [0.15, 0.2) is 60.7 Å². The lowest BCUT2D eigenvalue weighted by Gasteiger charge is -2.20. The number of carbonyl (C=O) groups is 2. The van der Waals surface area contributed by atoms with Gasteiger partial charge >= 0.3 is 0 Å². The van der Waals surface area contributed by atoms with Gasteiger partial charge in [-0.25, -0.2) is 4.98 Å². The number of aryl methyl sites for hydroxylation is 1. The van der Waals surface area contributed by atoms with Crippen molar-refractivity contribution >= 4 is 11.6 Å². The Hall–Kier alpha value is -3.07. The van der Waals surface area contributed by atoms with Crippen LogP contribution in [0, 0.1) is 6.92 Å². The van der Waals surface area contributed by atoms with E-state index in [1.54, 1.807) is 24.3 Å². The lowest BCUT2D eigenvalue weighted by atomic mass is 9.83. The predicted octanol–water partition coefficient (Wildman–Crippen LogP) is 3.83. The first-order valence-electron chi connectivity index (χ1n) is 7.42. The normalized spacial score (nSPS) is 12.7. The highest BCUT2D eigenvalue weighted by atomic mass is 16.1. The van der Waals surface area contributed by atoms with Crippen molar-refractivity contribution in [1.29, 1.82) is 0 Å². The van der Waals surface area contributed by atoms with Crippen LogP contribution in [0.4, 0.5) is 0 Å². The Morgan fingerprint density at radius 3 is 2.04 bits per heavy atom. The molecule has 3 heteroatoms. The van der Waals surface area contributed by atoms with Crippen LogP contribution in [0.1, 0.15) is 37.7 Å². The van der Waals surface area contributed by atoms with Gasteiger partial charge in [0.1, 0.15) is 5.69 Å². The minimum Gasteiger partial charge on any atom is -0.288 e. The Kier molecular flexibility index (Phi) is 2.95. The fourth-order valence-electron chi connectivity index (χ4n) is 3.05. The maximum absolute atomic E-state index is 13.0. The molecule has 0 saturated carbocycles. The van der Waals surface area contributed by atoms with Gasteiger partial charge < -0.3 is 0 Å². The first-order chi connectivity index (χ1) is 11.2. The molecule has 0 fully saturated rings. The number of benzene rings is 2. The molecule has 3 aromatic rings. The molecule has 3 nitrogen and oxygen atoms in total. The Bertz CT molecular complexity index is 959. The molecule has 0 amide bonds. The summed E-state index contributed by atoms with van der Waals surface area (Å²) < 4.78 is 0. The van der Waals surface area contributed by atoms with Gasteiger partial charge in [-0.05, 0) is 24.1 Å².